The Balaban J connectivity index is 1.36. The van der Waals surface area contributed by atoms with Crippen LogP contribution in [0.25, 0.3) is 31.2 Å². The molecule has 2 amide bonds. The lowest BCUT2D eigenvalue weighted by molar-refractivity contribution is -0.114. The molecule has 81 heavy (non-hydrogen) atoms. The van der Waals surface area contributed by atoms with Crippen LogP contribution in [0.1, 0.15) is 315 Å². The highest BCUT2D eigenvalue weighted by Gasteiger charge is 2.39. The molecule has 4 aromatic rings. The first-order valence-electron chi connectivity index (χ1n) is 34.2. The second-order valence-electron chi connectivity index (χ2n) is 25.3. The highest BCUT2D eigenvalue weighted by Crippen LogP contribution is 2.42. The van der Waals surface area contributed by atoms with Crippen LogP contribution >= 0.6 is 22.7 Å². The van der Waals surface area contributed by atoms with Crippen LogP contribution in [0.3, 0.4) is 0 Å². The third kappa shape index (κ3) is 20.8. The van der Waals surface area contributed by atoms with Gasteiger partial charge in [0.25, 0.3) is 11.8 Å². The van der Waals surface area contributed by atoms with E-state index in [2.05, 4.69) is 83.7 Å². The molecule has 5 heterocycles. The fourth-order valence-electron chi connectivity index (χ4n) is 12.9. The molecule has 0 spiro atoms. The topological polar surface area (TPSA) is 74.0 Å². The van der Waals surface area contributed by atoms with Gasteiger partial charge in [-0.2, -0.15) is 0 Å². The molecule has 0 radical (unpaired) electrons. The number of nitrogens with zero attached hydrogens (tertiary/aromatic N) is 2. The molecule has 6 rings (SSSR count). The third-order valence-electron chi connectivity index (χ3n) is 17.9. The zero-order valence-corrected chi connectivity index (χ0v) is 54.3. The van der Waals surface area contributed by atoms with Gasteiger partial charge in [0.15, 0.2) is 0 Å². The first-order valence-corrected chi connectivity index (χ1v) is 35.9. The van der Waals surface area contributed by atoms with Crippen LogP contribution in [-0.4, -0.2) is 30.0 Å². The van der Waals surface area contributed by atoms with Crippen molar-refractivity contribution in [3.63, 3.8) is 0 Å². The van der Waals surface area contributed by atoms with Crippen molar-refractivity contribution in [1.29, 1.82) is 0 Å². The van der Waals surface area contributed by atoms with E-state index in [-0.39, 0.29) is 17.6 Å². The Bertz CT molecular complexity index is 2560. The smallest absolute Gasteiger partial charge is 0.262 e. The van der Waals surface area contributed by atoms with Crippen molar-refractivity contribution >= 4 is 66.4 Å². The number of aliphatic hydroxyl groups is 1. The molecule has 2 atom stereocenters. The normalized spacial score (nSPS) is 14.5. The van der Waals surface area contributed by atoms with Gasteiger partial charge in [0.05, 0.1) is 27.4 Å². The SMILES string of the molecule is CCC/C=C(\O)C1=c2cc3c(cc2N(CC(CCCCCCCCC)CCCCCCCCCC)C1=O)=C(c1ccc(-c2cc4sc(C(C)C)cc4s2)o1)C(=O)N3CC(CCCCCCCCCC)CCCCCCCCCCCC. The molecule has 0 saturated carbocycles. The van der Waals surface area contributed by atoms with Crippen LogP contribution in [-0.2, 0) is 9.59 Å². The molecular weight excluding hydrogens is 1030 g/mol. The minimum Gasteiger partial charge on any atom is -0.507 e. The Morgan fingerprint density at radius 3 is 1.31 bits per heavy atom. The third-order valence-corrected chi connectivity index (χ3v) is 20.5. The van der Waals surface area contributed by atoms with E-state index in [0.29, 0.717) is 54.2 Å². The van der Waals surface area contributed by atoms with Gasteiger partial charge in [-0.15, -0.1) is 22.7 Å². The number of furan rings is 1. The first kappa shape index (κ1) is 66.5. The van der Waals surface area contributed by atoms with Gasteiger partial charge in [-0.05, 0) is 92.3 Å². The van der Waals surface area contributed by atoms with Crippen LogP contribution in [0.2, 0.25) is 0 Å². The minimum atomic E-state index is -0.106. The van der Waals surface area contributed by atoms with Gasteiger partial charge in [-0.25, -0.2) is 0 Å². The highest BCUT2D eigenvalue weighted by molar-refractivity contribution is 7.29. The van der Waals surface area contributed by atoms with Gasteiger partial charge in [-0.1, -0.05) is 267 Å². The number of aliphatic hydroxyl groups excluding tert-OH is 1. The first-order chi connectivity index (χ1) is 39.6. The van der Waals surface area contributed by atoms with Gasteiger partial charge in [-0.3, -0.25) is 9.59 Å². The van der Waals surface area contributed by atoms with E-state index in [1.807, 2.05) is 28.4 Å². The van der Waals surface area contributed by atoms with E-state index in [1.54, 1.807) is 11.3 Å². The number of rotatable bonds is 47. The maximum absolute atomic E-state index is 15.7. The molecule has 0 bridgehead atoms. The number of unbranched alkanes of at least 4 members (excludes halogenated alkanes) is 30. The summed E-state index contributed by atoms with van der Waals surface area (Å²) in [5.74, 6) is 2.51. The molecule has 2 unspecified atom stereocenters. The van der Waals surface area contributed by atoms with Gasteiger partial charge < -0.3 is 19.3 Å². The number of thiophene rings is 2. The van der Waals surface area contributed by atoms with E-state index >= 15 is 9.59 Å². The Labute approximate surface area is 502 Å². The highest BCUT2D eigenvalue weighted by atomic mass is 32.1. The lowest BCUT2D eigenvalue weighted by Gasteiger charge is -2.27. The molecule has 452 valence electrons. The van der Waals surface area contributed by atoms with Crippen molar-refractivity contribution < 1.29 is 19.1 Å². The molecule has 2 aliphatic heterocycles. The molecule has 0 aliphatic carbocycles. The lowest BCUT2D eigenvalue weighted by Crippen LogP contribution is -2.35. The number of fused-ring (bicyclic) bond motifs is 3. The average Bonchev–Trinajstić information content (AvgIpc) is 3.84. The quantitative estimate of drug-likeness (QED) is 0.0353. The van der Waals surface area contributed by atoms with E-state index in [9.17, 15) is 5.11 Å². The largest absolute Gasteiger partial charge is 0.507 e. The molecule has 8 heteroatoms. The van der Waals surface area contributed by atoms with E-state index in [4.69, 9.17) is 4.42 Å². The summed E-state index contributed by atoms with van der Waals surface area (Å²) in [5, 5.41) is 13.6. The fourth-order valence-corrected chi connectivity index (χ4v) is 15.2. The number of benzene rings is 1. The number of carbonyl (C=O) groups is 2. The maximum atomic E-state index is 15.7. The molecule has 2 aliphatic rings. The van der Waals surface area contributed by atoms with E-state index < -0.39 is 0 Å². The minimum absolute atomic E-state index is 0.0102. The number of anilines is 2. The Morgan fingerprint density at radius 1 is 0.481 bits per heavy atom. The average molecular weight is 1150 g/mol. The number of hydrogen-bond donors (Lipinski definition) is 1. The summed E-state index contributed by atoms with van der Waals surface area (Å²) < 4.78 is 9.44. The number of hydrogen-bond acceptors (Lipinski definition) is 6. The van der Waals surface area contributed by atoms with E-state index in [1.165, 1.54) is 226 Å². The van der Waals surface area contributed by atoms with Crippen LogP contribution in [0, 0.1) is 11.8 Å². The summed E-state index contributed by atoms with van der Waals surface area (Å²) in [6, 6.07) is 12.9. The fraction of sp³-hybridized carbons (Fsp3) is 0.699. The Kier molecular flexibility index (Phi) is 30.9. The van der Waals surface area contributed by atoms with Crippen molar-refractivity contribution in [3.8, 4) is 10.6 Å². The molecule has 1 aromatic carbocycles. The van der Waals surface area contributed by atoms with Crippen molar-refractivity contribution in [1.82, 2.24) is 0 Å². The molecule has 1 N–H and O–H groups in total. The predicted molar refractivity (Wildman–Crippen MR) is 354 cm³/mol. The molecule has 3 aromatic heterocycles. The number of allylic oxidation sites excluding steroid dienone is 1. The summed E-state index contributed by atoms with van der Waals surface area (Å²) in [5.41, 5.74) is 2.66. The second-order valence-corrected chi connectivity index (χ2v) is 27.5. The predicted octanol–water partition coefficient (Wildman–Crippen LogP) is 22.4. The molecule has 0 fully saturated rings. The lowest BCUT2D eigenvalue weighted by atomic mass is 9.93. The zero-order chi connectivity index (χ0) is 57.6. The maximum Gasteiger partial charge on any atom is 0.262 e. The van der Waals surface area contributed by atoms with Gasteiger partial charge >= 0.3 is 0 Å². The van der Waals surface area contributed by atoms with Crippen molar-refractivity contribution in [2.45, 2.75) is 305 Å². The van der Waals surface area contributed by atoms with Gasteiger partial charge in [0.2, 0.25) is 0 Å². The molecule has 6 nitrogen and oxygen atoms in total. The van der Waals surface area contributed by atoms with Crippen LogP contribution < -0.4 is 20.2 Å². The number of carbonyl (C=O) groups excluding carboxylic acids is 2. The summed E-state index contributed by atoms with van der Waals surface area (Å²) in [7, 11) is 0. The van der Waals surface area contributed by atoms with Gasteiger partial charge in [0.1, 0.15) is 17.3 Å². The summed E-state index contributed by atoms with van der Waals surface area (Å²) in [4.78, 5) is 37.5. The van der Waals surface area contributed by atoms with Crippen LogP contribution in [0.4, 0.5) is 11.4 Å². The molecule has 0 saturated heterocycles. The second kappa shape index (κ2) is 37.6. The van der Waals surface area contributed by atoms with Crippen molar-refractivity contribution in [2.75, 3.05) is 22.9 Å². The number of amides is 2. The summed E-state index contributed by atoms with van der Waals surface area (Å²) in [6.07, 6.45) is 50.4. The van der Waals surface area contributed by atoms with Crippen molar-refractivity contribution in [3.05, 3.63) is 69.3 Å². The Hall–Kier alpha value is -3.62. The monoisotopic (exact) mass is 1150 g/mol. The van der Waals surface area contributed by atoms with Crippen LogP contribution in [0.15, 0.2) is 52.7 Å². The van der Waals surface area contributed by atoms with Gasteiger partial charge in [0, 0.05) is 37.8 Å². The summed E-state index contributed by atoms with van der Waals surface area (Å²) >= 11 is 3.62. The van der Waals surface area contributed by atoms with Crippen molar-refractivity contribution in [2.24, 2.45) is 11.8 Å². The van der Waals surface area contributed by atoms with Crippen LogP contribution in [0.5, 0.6) is 0 Å². The summed E-state index contributed by atoms with van der Waals surface area (Å²) in [6.45, 7) is 17.0. The zero-order valence-electron chi connectivity index (χ0n) is 52.6. The standard InChI is InChI=1S/C73H114N2O4S2/c1-8-13-18-22-26-29-30-34-38-42-46-58(45-41-37-33-28-24-20-15-10-3)55-75-62-50-59-61(51-60(62)71(73(75)78)65-49-48-64(79-65)67-53-69-68(81-67)52-66(80-69)56(6)7)74(72(77)70(59)63(76)47-17-12-5)54-57(43-39-35-31-25-21-16-11-4)44-40-36-32-27-23-19-14-9-2/h47-53,56-58,76H,8-46,54-55H2,1-7H3/b63-47-. The Morgan fingerprint density at radius 2 is 0.877 bits per heavy atom. The van der Waals surface area contributed by atoms with E-state index in [0.717, 1.165) is 64.6 Å². The molecular formula is C73H114N2O4S2.